The summed E-state index contributed by atoms with van der Waals surface area (Å²) >= 11 is 0. The smallest absolute Gasteiger partial charge is 0.331 e. The van der Waals surface area contributed by atoms with E-state index in [0.717, 1.165) is 41.6 Å². The Kier molecular flexibility index (Phi) is 4.46. The van der Waals surface area contributed by atoms with Gasteiger partial charge in [0.2, 0.25) is 0 Å². The van der Waals surface area contributed by atoms with E-state index < -0.39 is 6.04 Å². The molecule has 0 bridgehead atoms. The number of hydrogen-bond donors (Lipinski definition) is 0. The van der Waals surface area contributed by atoms with Crippen molar-refractivity contribution in [1.29, 1.82) is 0 Å². The van der Waals surface area contributed by atoms with Gasteiger partial charge in [0.1, 0.15) is 12.0 Å². The maximum Gasteiger partial charge on any atom is 0.331 e. The molecular formula is C18H21N3O3. The predicted octanol–water partition coefficient (Wildman–Crippen LogP) is 2.62. The molecule has 0 radical (unpaired) electrons. The molecule has 0 unspecified atom stereocenters. The lowest BCUT2D eigenvalue weighted by Gasteiger charge is -2.23. The molecule has 6 nitrogen and oxygen atoms in total. The topological polar surface area (TPSA) is 74.1 Å². The van der Waals surface area contributed by atoms with Crippen molar-refractivity contribution in [2.75, 3.05) is 6.61 Å². The fourth-order valence-electron chi connectivity index (χ4n) is 3.24. The predicted molar refractivity (Wildman–Crippen MR) is 88.8 cm³/mol. The van der Waals surface area contributed by atoms with Crippen molar-refractivity contribution in [3.05, 3.63) is 35.0 Å². The highest BCUT2D eigenvalue weighted by molar-refractivity contribution is 5.79. The van der Waals surface area contributed by atoms with E-state index in [4.69, 9.17) is 4.74 Å². The Morgan fingerprint density at radius 3 is 2.83 bits per heavy atom. The number of hydrogen-bond acceptors (Lipinski definition) is 5. The standard InChI is InChI=1S/C18H21N3O3/c1-4-24-18(23)17(11(2)3)21-15-8-6-13-9-12(10-22)5-7-14(13)16(15)19-20-21/h5,7,9-11,17H,4,6,8H2,1-3H3/t17-/m1/s1. The molecule has 0 fully saturated rings. The maximum atomic E-state index is 12.3. The molecule has 3 rings (SSSR count). The Balaban J connectivity index is 2.04. The van der Waals surface area contributed by atoms with Gasteiger partial charge >= 0.3 is 5.97 Å². The summed E-state index contributed by atoms with van der Waals surface area (Å²) < 4.78 is 6.93. The Morgan fingerprint density at radius 2 is 2.17 bits per heavy atom. The molecule has 24 heavy (non-hydrogen) atoms. The summed E-state index contributed by atoms with van der Waals surface area (Å²) in [5.74, 6) is -0.226. The monoisotopic (exact) mass is 327 g/mol. The zero-order chi connectivity index (χ0) is 17.3. The molecule has 1 atom stereocenters. The van der Waals surface area contributed by atoms with Crippen molar-refractivity contribution in [3.63, 3.8) is 0 Å². The first kappa shape index (κ1) is 16.4. The van der Waals surface area contributed by atoms with Gasteiger partial charge in [0, 0.05) is 11.1 Å². The maximum absolute atomic E-state index is 12.3. The number of aryl methyl sites for hydroxylation is 1. The zero-order valence-corrected chi connectivity index (χ0v) is 14.2. The fourth-order valence-corrected chi connectivity index (χ4v) is 3.24. The SMILES string of the molecule is CCOC(=O)[C@@H](C(C)C)n1nnc2c1CCc1cc(C=O)ccc1-2. The molecule has 1 aromatic heterocycles. The van der Waals surface area contributed by atoms with Crippen molar-refractivity contribution in [3.8, 4) is 11.3 Å². The first-order valence-corrected chi connectivity index (χ1v) is 8.26. The van der Waals surface area contributed by atoms with Gasteiger partial charge in [-0.15, -0.1) is 5.10 Å². The van der Waals surface area contributed by atoms with E-state index in [1.54, 1.807) is 17.7 Å². The van der Waals surface area contributed by atoms with Crippen LogP contribution in [0.1, 0.15) is 48.4 Å². The molecule has 1 aliphatic carbocycles. The number of carbonyl (C=O) groups is 2. The van der Waals surface area contributed by atoms with Gasteiger partial charge in [-0.1, -0.05) is 31.2 Å². The van der Waals surface area contributed by atoms with Crippen LogP contribution in [0, 0.1) is 5.92 Å². The van der Waals surface area contributed by atoms with E-state index >= 15 is 0 Å². The number of esters is 1. The normalized spacial score (nSPS) is 14.0. The molecule has 1 heterocycles. The third-order valence-corrected chi connectivity index (χ3v) is 4.37. The highest BCUT2D eigenvalue weighted by Crippen LogP contribution is 2.34. The largest absolute Gasteiger partial charge is 0.464 e. The van der Waals surface area contributed by atoms with Crippen molar-refractivity contribution in [2.24, 2.45) is 5.92 Å². The van der Waals surface area contributed by atoms with Crippen molar-refractivity contribution >= 4 is 12.3 Å². The molecule has 0 N–H and O–H groups in total. The number of carbonyl (C=O) groups excluding carboxylic acids is 2. The number of ether oxygens (including phenoxy) is 1. The van der Waals surface area contributed by atoms with Crippen molar-refractivity contribution in [1.82, 2.24) is 15.0 Å². The minimum atomic E-state index is -0.475. The summed E-state index contributed by atoms with van der Waals surface area (Å²) in [6.07, 6.45) is 2.38. The van der Waals surface area contributed by atoms with Gasteiger partial charge in [-0.2, -0.15) is 0 Å². The summed E-state index contributed by atoms with van der Waals surface area (Å²) in [5, 5.41) is 8.58. The van der Waals surface area contributed by atoms with Crippen LogP contribution in [-0.4, -0.2) is 33.9 Å². The number of fused-ring (bicyclic) bond motifs is 3. The third kappa shape index (κ3) is 2.72. The molecule has 1 aliphatic rings. The van der Waals surface area contributed by atoms with E-state index in [0.29, 0.717) is 12.2 Å². The Bertz CT molecular complexity index is 780. The molecule has 0 aliphatic heterocycles. The lowest BCUT2D eigenvalue weighted by Crippen LogP contribution is -2.29. The van der Waals surface area contributed by atoms with Gasteiger partial charge in [0.15, 0.2) is 6.04 Å². The van der Waals surface area contributed by atoms with E-state index in [9.17, 15) is 9.59 Å². The lowest BCUT2D eigenvalue weighted by atomic mass is 9.90. The second-order valence-electron chi connectivity index (χ2n) is 6.30. The van der Waals surface area contributed by atoms with Gasteiger partial charge in [-0.05, 0) is 37.3 Å². The highest BCUT2D eigenvalue weighted by atomic mass is 16.5. The minimum Gasteiger partial charge on any atom is -0.464 e. The van der Waals surface area contributed by atoms with Gasteiger partial charge in [0.05, 0.1) is 12.3 Å². The van der Waals surface area contributed by atoms with Gasteiger partial charge in [-0.3, -0.25) is 4.79 Å². The Morgan fingerprint density at radius 1 is 1.38 bits per heavy atom. The quantitative estimate of drug-likeness (QED) is 0.623. The lowest BCUT2D eigenvalue weighted by molar-refractivity contribution is -0.149. The molecule has 126 valence electrons. The van der Waals surface area contributed by atoms with E-state index in [2.05, 4.69) is 10.3 Å². The Hall–Kier alpha value is -2.50. The van der Waals surface area contributed by atoms with Crippen molar-refractivity contribution in [2.45, 2.75) is 39.7 Å². The van der Waals surface area contributed by atoms with Crippen LogP contribution in [0.3, 0.4) is 0 Å². The summed E-state index contributed by atoms with van der Waals surface area (Å²) in [4.78, 5) is 23.3. The number of rotatable bonds is 5. The molecule has 1 aromatic carbocycles. The van der Waals surface area contributed by atoms with Gasteiger partial charge in [0.25, 0.3) is 0 Å². The molecule has 0 saturated heterocycles. The molecule has 6 heteroatoms. The minimum absolute atomic E-state index is 0.0497. The molecule has 0 saturated carbocycles. The average molecular weight is 327 g/mol. The number of benzene rings is 1. The van der Waals surface area contributed by atoms with Gasteiger partial charge in [-0.25, -0.2) is 9.48 Å². The van der Waals surface area contributed by atoms with E-state index in [-0.39, 0.29) is 11.9 Å². The van der Waals surface area contributed by atoms with Crippen LogP contribution < -0.4 is 0 Å². The third-order valence-electron chi connectivity index (χ3n) is 4.37. The number of aromatic nitrogens is 3. The highest BCUT2D eigenvalue weighted by Gasteiger charge is 2.32. The van der Waals surface area contributed by atoms with Crippen LogP contribution in [0.4, 0.5) is 0 Å². The summed E-state index contributed by atoms with van der Waals surface area (Å²) in [6, 6.07) is 5.11. The van der Waals surface area contributed by atoms with Gasteiger partial charge < -0.3 is 4.74 Å². The molecule has 0 amide bonds. The summed E-state index contributed by atoms with van der Waals surface area (Å²) in [5.41, 5.74) is 4.49. The molecule has 0 spiro atoms. The number of aldehydes is 1. The summed E-state index contributed by atoms with van der Waals surface area (Å²) in [6.45, 7) is 6.09. The molecule has 2 aromatic rings. The van der Waals surface area contributed by atoms with Crippen molar-refractivity contribution < 1.29 is 14.3 Å². The van der Waals surface area contributed by atoms with Crippen LogP contribution in [0.25, 0.3) is 11.3 Å². The first-order chi connectivity index (χ1) is 11.6. The molecular weight excluding hydrogens is 306 g/mol. The summed E-state index contributed by atoms with van der Waals surface area (Å²) in [7, 11) is 0. The second kappa shape index (κ2) is 6.55. The van der Waals surface area contributed by atoms with Crippen LogP contribution in [0.2, 0.25) is 0 Å². The Labute approximate surface area is 140 Å². The second-order valence-corrected chi connectivity index (χ2v) is 6.30. The first-order valence-electron chi connectivity index (χ1n) is 8.26. The van der Waals surface area contributed by atoms with E-state index in [1.807, 2.05) is 26.0 Å². The fraction of sp³-hybridized carbons (Fsp3) is 0.444. The zero-order valence-electron chi connectivity index (χ0n) is 14.2. The van der Waals surface area contributed by atoms with Crippen LogP contribution >= 0.6 is 0 Å². The van der Waals surface area contributed by atoms with Crippen LogP contribution in [0.15, 0.2) is 18.2 Å². The number of nitrogens with zero attached hydrogens (tertiary/aromatic N) is 3. The van der Waals surface area contributed by atoms with Crippen LogP contribution in [-0.2, 0) is 22.4 Å². The van der Waals surface area contributed by atoms with E-state index in [1.165, 1.54) is 0 Å². The average Bonchev–Trinajstić information content (AvgIpc) is 2.98. The van der Waals surface area contributed by atoms with Crippen LogP contribution in [0.5, 0.6) is 0 Å².